The quantitative estimate of drug-likeness (QED) is 0.650. The summed E-state index contributed by atoms with van der Waals surface area (Å²) in [5.41, 5.74) is 2.13. The molecule has 7 heteroatoms. The number of hydrogen-bond donors (Lipinski definition) is 1. The van der Waals surface area contributed by atoms with Gasteiger partial charge in [0.05, 0.1) is 16.6 Å². The number of aromatic nitrogens is 2. The second-order valence-corrected chi connectivity index (χ2v) is 9.61. The summed E-state index contributed by atoms with van der Waals surface area (Å²) in [5.74, 6) is -0.403. The molecule has 0 bridgehead atoms. The van der Waals surface area contributed by atoms with Crippen LogP contribution in [0, 0.1) is 5.92 Å². The Morgan fingerprint density at radius 3 is 2.84 bits per heavy atom. The van der Waals surface area contributed by atoms with Gasteiger partial charge in [-0.1, -0.05) is 48.0 Å². The van der Waals surface area contributed by atoms with Gasteiger partial charge in [0, 0.05) is 30.6 Å². The van der Waals surface area contributed by atoms with E-state index >= 15 is 4.39 Å². The first-order valence-corrected chi connectivity index (χ1v) is 11.6. The standard InChI is InChI=1S/C24H24Cl2FN3O/c25-21-10-18(15-4-2-1-3-5-15)11-22(26)24(21,27)13-16-8-9-30(23(16)31)19-7-6-17-14-28-29-20(17)12-19/h1-5,10-11,14,16,19,21H,6-9,12-13H2,(H,28,29)/t16-,19?,21?,24?/m1/s1. The third-order valence-electron chi connectivity index (χ3n) is 6.88. The minimum Gasteiger partial charge on any atom is -0.339 e. The van der Waals surface area contributed by atoms with Crippen LogP contribution >= 0.6 is 23.2 Å². The largest absolute Gasteiger partial charge is 0.339 e. The van der Waals surface area contributed by atoms with Crippen LogP contribution < -0.4 is 0 Å². The summed E-state index contributed by atoms with van der Waals surface area (Å²) in [4.78, 5) is 15.1. The van der Waals surface area contributed by atoms with Crippen LogP contribution in [0.3, 0.4) is 0 Å². The van der Waals surface area contributed by atoms with Gasteiger partial charge in [-0.05, 0) is 48.5 Å². The Balaban J connectivity index is 1.30. The third kappa shape index (κ3) is 3.72. The first kappa shape index (κ1) is 20.8. The number of allylic oxidation sites excluding steroid dienone is 4. The van der Waals surface area contributed by atoms with Crippen LogP contribution in [0.4, 0.5) is 4.39 Å². The zero-order chi connectivity index (χ0) is 21.6. The summed E-state index contributed by atoms with van der Waals surface area (Å²) in [6, 6.07) is 9.77. The minimum absolute atomic E-state index is 0.00638. The van der Waals surface area contributed by atoms with E-state index in [1.807, 2.05) is 41.4 Å². The topological polar surface area (TPSA) is 49.0 Å². The highest BCUT2D eigenvalue weighted by atomic mass is 35.5. The molecule has 0 spiro atoms. The molecule has 1 fully saturated rings. The molecule has 31 heavy (non-hydrogen) atoms. The number of nitrogens with zero attached hydrogens (tertiary/aromatic N) is 2. The van der Waals surface area contributed by atoms with Crippen molar-refractivity contribution in [2.24, 2.45) is 5.92 Å². The molecule has 2 aliphatic carbocycles. The predicted octanol–water partition coefficient (Wildman–Crippen LogP) is 5.04. The van der Waals surface area contributed by atoms with Crippen LogP contribution in [0.25, 0.3) is 5.57 Å². The van der Waals surface area contributed by atoms with Crippen molar-refractivity contribution < 1.29 is 9.18 Å². The Morgan fingerprint density at radius 2 is 2.06 bits per heavy atom. The van der Waals surface area contributed by atoms with E-state index in [-0.39, 0.29) is 23.4 Å². The molecule has 0 saturated carbocycles. The van der Waals surface area contributed by atoms with E-state index < -0.39 is 17.0 Å². The number of H-pyrrole nitrogens is 1. The van der Waals surface area contributed by atoms with Crippen molar-refractivity contribution in [1.82, 2.24) is 15.1 Å². The molecule has 1 N–H and O–H groups in total. The van der Waals surface area contributed by atoms with Crippen molar-refractivity contribution >= 4 is 34.7 Å². The van der Waals surface area contributed by atoms with Gasteiger partial charge >= 0.3 is 0 Å². The molecule has 2 aromatic rings. The van der Waals surface area contributed by atoms with Gasteiger partial charge in [-0.15, -0.1) is 11.6 Å². The Kier molecular flexibility index (Phi) is 5.43. The van der Waals surface area contributed by atoms with Crippen LogP contribution in [0.2, 0.25) is 0 Å². The molecule has 5 rings (SSSR count). The average molecular weight is 460 g/mol. The summed E-state index contributed by atoms with van der Waals surface area (Å²) in [6.07, 6.45) is 8.44. The highest BCUT2D eigenvalue weighted by Gasteiger charge is 2.48. The molecule has 162 valence electrons. The SMILES string of the molecule is O=C1[C@@H](CC2(F)C(Cl)=CC(c3ccccc3)=CC2Cl)CCN1C1CCc2cn[nH]c2C1. The monoisotopic (exact) mass is 459 g/mol. The lowest BCUT2D eigenvalue weighted by Crippen LogP contribution is -2.43. The van der Waals surface area contributed by atoms with Gasteiger partial charge in [0.25, 0.3) is 0 Å². The fraction of sp³-hybridized carbons (Fsp3) is 0.417. The van der Waals surface area contributed by atoms with Crippen LogP contribution in [-0.4, -0.2) is 44.6 Å². The Bertz CT molecular complexity index is 1050. The van der Waals surface area contributed by atoms with Crippen molar-refractivity contribution in [2.45, 2.75) is 49.2 Å². The number of carbonyl (C=O) groups is 1. The number of fused-ring (bicyclic) bond motifs is 1. The molecule has 1 amide bonds. The first-order valence-electron chi connectivity index (χ1n) is 10.7. The predicted molar refractivity (Wildman–Crippen MR) is 121 cm³/mol. The molecule has 2 heterocycles. The van der Waals surface area contributed by atoms with Crippen LogP contribution in [0.1, 0.15) is 36.1 Å². The zero-order valence-corrected chi connectivity index (χ0v) is 18.5. The van der Waals surface area contributed by atoms with Gasteiger partial charge in [0.1, 0.15) is 0 Å². The van der Waals surface area contributed by atoms with Crippen molar-refractivity contribution in [3.8, 4) is 0 Å². The number of hydrogen-bond acceptors (Lipinski definition) is 2. The molecule has 1 aliphatic heterocycles. The molecule has 4 nitrogen and oxygen atoms in total. The number of nitrogens with one attached hydrogen (secondary N) is 1. The number of alkyl halides is 2. The van der Waals surface area contributed by atoms with E-state index in [2.05, 4.69) is 10.2 Å². The van der Waals surface area contributed by atoms with Gasteiger partial charge in [-0.3, -0.25) is 9.89 Å². The highest BCUT2D eigenvalue weighted by Crippen LogP contribution is 2.46. The fourth-order valence-electron chi connectivity index (χ4n) is 5.08. The van der Waals surface area contributed by atoms with Crippen molar-refractivity contribution in [3.63, 3.8) is 0 Å². The number of amides is 1. The lowest BCUT2D eigenvalue weighted by Gasteiger charge is -2.34. The maximum absolute atomic E-state index is 16.0. The van der Waals surface area contributed by atoms with Crippen molar-refractivity contribution in [3.05, 3.63) is 70.5 Å². The molecule has 1 aromatic carbocycles. The molecule has 3 unspecified atom stereocenters. The molecular weight excluding hydrogens is 436 g/mol. The maximum atomic E-state index is 16.0. The number of halogens is 3. The number of aromatic amines is 1. The lowest BCUT2D eigenvalue weighted by atomic mass is 9.83. The van der Waals surface area contributed by atoms with Crippen LogP contribution in [0.15, 0.2) is 53.7 Å². The lowest BCUT2D eigenvalue weighted by molar-refractivity contribution is -0.134. The molecule has 1 aromatic heterocycles. The first-order chi connectivity index (χ1) is 15.0. The smallest absolute Gasteiger partial charge is 0.226 e. The second-order valence-electron chi connectivity index (χ2n) is 8.74. The number of likely N-dealkylation sites (tertiary alicyclic amines) is 1. The summed E-state index contributed by atoms with van der Waals surface area (Å²) in [5, 5.41) is 6.29. The Morgan fingerprint density at radius 1 is 1.26 bits per heavy atom. The zero-order valence-electron chi connectivity index (χ0n) is 17.0. The van der Waals surface area contributed by atoms with Gasteiger partial charge in [0.2, 0.25) is 5.91 Å². The summed E-state index contributed by atoms with van der Waals surface area (Å²) >= 11 is 12.9. The van der Waals surface area contributed by atoms with Crippen molar-refractivity contribution in [2.75, 3.05) is 6.54 Å². The maximum Gasteiger partial charge on any atom is 0.226 e. The molecule has 1 saturated heterocycles. The normalized spacial score (nSPS) is 30.7. The van der Waals surface area contributed by atoms with E-state index in [4.69, 9.17) is 23.2 Å². The number of rotatable bonds is 4. The van der Waals surface area contributed by atoms with Gasteiger partial charge in [-0.2, -0.15) is 5.10 Å². The van der Waals surface area contributed by atoms with E-state index in [1.54, 1.807) is 12.2 Å². The third-order valence-corrected chi connectivity index (χ3v) is 7.77. The highest BCUT2D eigenvalue weighted by molar-refractivity contribution is 6.34. The summed E-state index contributed by atoms with van der Waals surface area (Å²) in [7, 11) is 0. The number of carbonyl (C=O) groups excluding carboxylic acids is 1. The number of aryl methyl sites for hydroxylation is 1. The summed E-state index contributed by atoms with van der Waals surface area (Å²) < 4.78 is 16.0. The van der Waals surface area contributed by atoms with E-state index in [0.29, 0.717) is 13.0 Å². The van der Waals surface area contributed by atoms with Crippen LogP contribution in [-0.2, 0) is 17.6 Å². The second kappa shape index (κ2) is 8.10. The fourth-order valence-corrected chi connectivity index (χ4v) is 5.79. The summed E-state index contributed by atoms with van der Waals surface area (Å²) in [6.45, 7) is 0.646. The van der Waals surface area contributed by atoms with Gasteiger partial charge in [-0.25, -0.2) is 4.39 Å². The average Bonchev–Trinajstić information content (AvgIpc) is 3.39. The van der Waals surface area contributed by atoms with Crippen molar-refractivity contribution in [1.29, 1.82) is 0 Å². The van der Waals surface area contributed by atoms with Gasteiger partial charge < -0.3 is 4.90 Å². The molecular formula is C24H24Cl2FN3O. The molecule has 3 aliphatic rings. The van der Waals surface area contributed by atoms with Gasteiger partial charge in [0.15, 0.2) is 5.67 Å². The van der Waals surface area contributed by atoms with E-state index in [0.717, 1.165) is 36.1 Å². The van der Waals surface area contributed by atoms with Crippen LogP contribution in [0.5, 0.6) is 0 Å². The number of benzene rings is 1. The molecule has 4 atom stereocenters. The minimum atomic E-state index is -1.94. The van der Waals surface area contributed by atoms with E-state index in [9.17, 15) is 4.79 Å². The Hall–Kier alpha value is -2.11. The molecule has 0 radical (unpaired) electrons. The van der Waals surface area contributed by atoms with E-state index in [1.165, 1.54) is 5.56 Å². The Labute approximate surface area is 191 Å².